The van der Waals surface area contributed by atoms with Gasteiger partial charge in [0.15, 0.2) is 0 Å². The van der Waals surface area contributed by atoms with Crippen molar-refractivity contribution in [2.24, 2.45) is 0 Å². The highest BCUT2D eigenvalue weighted by molar-refractivity contribution is 5.85. The van der Waals surface area contributed by atoms with Crippen molar-refractivity contribution in [1.82, 2.24) is 15.0 Å². The van der Waals surface area contributed by atoms with Gasteiger partial charge in [-0.1, -0.05) is 32.9 Å². The Balaban J connectivity index is 2.06. The third-order valence-electron chi connectivity index (χ3n) is 4.13. The van der Waals surface area contributed by atoms with Crippen LogP contribution in [0.3, 0.4) is 0 Å². The molecule has 1 aromatic heterocycles. The molecule has 27 heavy (non-hydrogen) atoms. The molecule has 0 radical (unpaired) electrons. The Hall–Kier alpha value is -3.15. The minimum Gasteiger partial charge on any atom is -0.505 e. The second kappa shape index (κ2) is 6.87. The van der Waals surface area contributed by atoms with Crippen LogP contribution in [-0.2, 0) is 10.2 Å². The number of hydrogen-bond donors (Lipinski definition) is 1. The number of ether oxygens (including phenoxy) is 1. The van der Waals surface area contributed by atoms with E-state index in [1.807, 2.05) is 39.8 Å². The van der Waals surface area contributed by atoms with E-state index >= 15 is 0 Å². The van der Waals surface area contributed by atoms with Gasteiger partial charge in [0.1, 0.15) is 28.2 Å². The maximum atomic E-state index is 11.6. The molecular formula is C21H23N3O3. The van der Waals surface area contributed by atoms with Crippen LogP contribution >= 0.6 is 0 Å². The normalized spacial score (nSPS) is 12.0. The van der Waals surface area contributed by atoms with Crippen molar-refractivity contribution < 1.29 is 14.6 Å². The molecule has 6 heteroatoms. The highest BCUT2D eigenvalue weighted by Gasteiger charge is 2.22. The van der Waals surface area contributed by atoms with Crippen LogP contribution in [0.1, 0.15) is 38.8 Å². The fraction of sp³-hybridized carbons (Fsp3) is 0.286. The standard InChI is InChI=1S/C21H23N3O3/c1-6-7-19(25)27-14-8-9-16-17(12-14)23-24(22-16)18-11-13(2)10-15(20(18)26)21(3,4)5/h6-12,26H,1-5H3/b7-6+. The van der Waals surface area contributed by atoms with Crippen LogP contribution in [0.15, 0.2) is 42.5 Å². The molecule has 0 fully saturated rings. The first kappa shape index (κ1) is 18.6. The van der Waals surface area contributed by atoms with Crippen LogP contribution in [0.5, 0.6) is 11.5 Å². The van der Waals surface area contributed by atoms with E-state index in [9.17, 15) is 9.90 Å². The van der Waals surface area contributed by atoms with Crippen LogP contribution in [-0.4, -0.2) is 26.1 Å². The predicted octanol–water partition coefficient (Wildman–Crippen LogP) is 4.21. The lowest BCUT2D eigenvalue weighted by atomic mass is 9.85. The number of allylic oxidation sites excluding steroid dienone is 1. The number of aromatic hydroxyl groups is 1. The maximum absolute atomic E-state index is 11.6. The van der Waals surface area contributed by atoms with Gasteiger partial charge < -0.3 is 9.84 Å². The van der Waals surface area contributed by atoms with E-state index in [4.69, 9.17) is 4.74 Å². The third-order valence-corrected chi connectivity index (χ3v) is 4.13. The van der Waals surface area contributed by atoms with E-state index in [2.05, 4.69) is 10.2 Å². The molecule has 6 nitrogen and oxygen atoms in total. The number of aromatic nitrogens is 3. The van der Waals surface area contributed by atoms with Crippen molar-refractivity contribution in [2.45, 2.75) is 40.0 Å². The topological polar surface area (TPSA) is 77.2 Å². The van der Waals surface area contributed by atoms with Crippen molar-refractivity contribution in [3.05, 3.63) is 53.6 Å². The number of phenols is 1. The fourth-order valence-corrected chi connectivity index (χ4v) is 2.84. The number of rotatable bonds is 3. The molecule has 0 bridgehead atoms. The first-order valence-corrected chi connectivity index (χ1v) is 8.75. The van der Waals surface area contributed by atoms with E-state index in [0.29, 0.717) is 22.5 Å². The largest absolute Gasteiger partial charge is 0.505 e. The third kappa shape index (κ3) is 3.84. The number of hydrogen-bond acceptors (Lipinski definition) is 5. The Morgan fingerprint density at radius 2 is 1.85 bits per heavy atom. The molecule has 0 aliphatic rings. The number of fused-ring (bicyclic) bond motifs is 1. The van der Waals surface area contributed by atoms with Gasteiger partial charge in [0.25, 0.3) is 0 Å². The van der Waals surface area contributed by atoms with Gasteiger partial charge in [0, 0.05) is 17.7 Å². The molecule has 3 rings (SSSR count). The van der Waals surface area contributed by atoms with Gasteiger partial charge in [0.05, 0.1) is 0 Å². The molecule has 0 aliphatic carbocycles. The van der Waals surface area contributed by atoms with Crippen molar-refractivity contribution in [3.63, 3.8) is 0 Å². The molecule has 0 saturated heterocycles. The quantitative estimate of drug-likeness (QED) is 0.427. The summed E-state index contributed by atoms with van der Waals surface area (Å²) in [4.78, 5) is 13.0. The molecule has 1 heterocycles. The van der Waals surface area contributed by atoms with Crippen LogP contribution in [0, 0.1) is 6.92 Å². The highest BCUT2D eigenvalue weighted by atomic mass is 16.5. The summed E-state index contributed by atoms with van der Waals surface area (Å²) in [5.74, 6) is 0.102. The Kier molecular flexibility index (Phi) is 4.74. The van der Waals surface area contributed by atoms with E-state index in [1.165, 1.54) is 10.9 Å². The fourth-order valence-electron chi connectivity index (χ4n) is 2.84. The highest BCUT2D eigenvalue weighted by Crippen LogP contribution is 2.36. The van der Waals surface area contributed by atoms with E-state index in [0.717, 1.165) is 11.1 Å². The van der Waals surface area contributed by atoms with Crippen LogP contribution < -0.4 is 4.74 Å². The second-order valence-electron chi connectivity index (χ2n) is 7.49. The van der Waals surface area contributed by atoms with Gasteiger partial charge in [0.2, 0.25) is 0 Å². The van der Waals surface area contributed by atoms with Crippen molar-refractivity contribution in [3.8, 4) is 17.2 Å². The first-order valence-electron chi connectivity index (χ1n) is 8.75. The van der Waals surface area contributed by atoms with Crippen molar-refractivity contribution in [2.75, 3.05) is 0 Å². The summed E-state index contributed by atoms with van der Waals surface area (Å²) in [6.45, 7) is 9.85. The van der Waals surface area contributed by atoms with Crippen molar-refractivity contribution in [1.29, 1.82) is 0 Å². The van der Waals surface area contributed by atoms with Gasteiger partial charge in [-0.25, -0.2) is 4.79 Å². The SMILES string of the molecule is C/C=C/C(=O)Oc1ccc2nn(-c3cc(C)cc(C(C)(C)C)c3O)nc2c1. The lowest BCUT2D eigenvalue weighted by Crippen LogP contribution is -2.13. The summed E-state index contributed by atoms with van der Waals surface area (Å²) in [6, 6.07) is 8.86. The molecule has 0 unspecified atom stereocenters. The lowest BCUT2D eigenvalue weighted by Gasteiger charge is -2.22. The lowest BCUT2D eigenvalue weighted by molar-refractivity contribution is -0.128. The zero-order valence-corrected chi connectivity index (χ0v) is 16.1. The maximum Gasteiger partial charge on any atom is 0.335 e. The second-order valence-corrected chi connectivity index (χ2v) is 7.49. The minimum atomic E-state index is -0.449. The summed E-state index contributed by atoms with van der Waals surface area (Å²) < 4.78 is 5.23. The Labute approximate surface area is 158 Å². The van der Waals surface area contributed by atoms with Gasteiger partial charge in [-0.15, -0.1) is 15.0 Å². The summed E-state index contributed by atoms with van der Waals surface area (Å²) in [5.41, 5.74) is 3.35. The monoisotopic (exact) mass is 365 g/mol. The number of phenolic OH excluding ortho intramolecular Hbond substituents is 1. The van der Waals surface area contributed by atoms with Crippen molar-refractivity contribution >= 4 is 17.0 Å². The molecule has 2 aromatic carbocycles. The Morgan fingerprint density at radius 3 is 2.52 bits per heavy atom. The van der Waals surface area contributed by atoms with Crippen LogP contribution in [0.25, 0.3) is 16.7 Å². The molecule has 0 amide bonds. The van der Waals surface area contributed by atoms with Crippen LogP contribution in [0.4, 0.5) is 0 Å². The first-order chi connectivity index (χ1) is 12.7. The number of esters is 1. The average Bonchev–Trinajstić information content (AvgIpc) is 2.98. The zero-order valence-electron chi connectivity index (χ0n) is 16.1. The molecule has 140 valence electrons. The Morgan fingerprint density at radius 1 is 1.15 bits per heavy atom. The summed E-state index contributed by atoms with van der Waals surface area (Å²) in [6.07, 6.45) is 2.96. The van der Waals surface area contributed by atoms with Gasteiger partial charge >= 0.3 is 5.97 Å². The average molecular weight is 365 g/mol. The number of carbonyl (C=O) groups excluding carboxylic acids is 1. The molecule has 0 aliphatic heterocycles. The summed E-state index contributed by atoms with van der Waals surface area (Å²) >= 11 is 0. The summed E-state index contributed by atoms with van der Waals surface area (Å²) in [5, 5.41) is 19.7. The molecule has 1 N–H and O–H groups in total. The minimum absolute atomic E-state index is 0.160. The van der Waals surface area contributed by atoms with E-state index in [1.54, 1.807) is 31.2 Å². The van der Waals surface area contributed by atoms with Gasteiger partial charge in [-0.3, -0.25) is 0 Å². The number of benzene rings is 2. The molecule has 0 atom stereocenters. The summed E-state index contributed by atoms with van der Waals surface area (Å²) in [7, 11) is 0. The molecule has 0 saturated carbocycles. The van der Waals surface area contributed by atoms with Gasteiger partial charge in [-0.2, -0.15) is 0 Å². The number of aryl methyl sites for hydroxylation is 1. The van der Waals surface area contributed by atoms with E-state index in [-0.39, 0.29) is 11.2 Å². The van der Waals surface area contributed by atoms with Crippen LogP contribution in [0.2, 0.25) is 0 Å². The molecular weight excluding hydrogens is 342 g/mol. The predicted molar refractivity (Wildman–Crippen MR) is 104 cm³/mol. The zero-order chi connectivity index (χ0) is 19.8. The smallest absolute Gasteiger partial charge is 0.335 e. The Bertz CT molecular complexity index is 1040. The molecule has 0 spiro atoms. The van der Waals surface area contributed by atoms with E-state index < -0.39 is 5.97 Å². The van der Waals surface area contributed by atoms with Gasteiger partial charge in [-0.05, 0) is 43.0 Å². The number of nitrogens with zero attached hydrogens (tertiary/aromatic N) is 3. The number of carbonyl (C=O) groups is 1. The molecule has 3 aromatic rings.